The highest BCUT2D eigenvalue weighted by atomic mass is 16.3. The summed E-state index contributed by atoms with van der Waals surface area (Å²) in [5.41, 5.74) is 3.12. The molecule has 1 N–H and O–H groups in total. The van der Waals surface area contributed by atoms with Crippen molar-refractivity contribution in [2.45, 2.75) is 19.8 Å². The first-order valence-electron chi connectivity index (χ1n) is 5.22. The first-order chi connectivity index (χ1) is 7.20. The first kappa shape index (κ1) is 10.2. The van der Waals surface area contributed by atoms with Gasteiger partial charge in [-0.2, -0.15) is 0 Å². The van der Waals surface area contributed by atoms with Crippen LogP contribution < -0.4 is 5.32 Å². The highest BCUT2D eigenvalue weighted by molar-refractivity contribution is 5.73. The topological polar surface area (TPSA) is 38.1 Å². The second-order valence-electron chi connectivity index (χ2n) is 3.92. The van der Waals surface area contributed by atoms with Crippen molar-refractivity contribution in [2.75, 3.05) is 13.6 Å². The van der Waals surface area contributed by atoms with Gasteiger partial charge in [0, 0.05) is 13.5 Å². The third kappa shape index (κ3) is 2.02. The Morgan fingerprint density at radius 1 is 1.47 bits per heavy atom. The molecule has 3 nitrogen and oxygen atoms in total. The summed E-state index contributed by atoms with van der Waals surface area (Å²) < 4.78 is 5.44. The zero-order valence-corrected chi connectivity index (χ0v) is 9.37. The fraction of sp³-hybridized carbons (Fsp3) is 0.417. The number of rotatable bonds is 3. The molecule has 0 bridgehead atoms. The van der Waals surface area contributed by atoms with Crippen LogP contribution >= 0.6 is 0 Å². The molecule has 3 heteroatoms. The maximum Gasteiger partial charge on any atom is 0.192 e. The Labute approximate surface area is 89.5 Å². The van der Waals surface area contributed by atoms with Crippen molar-refractivity contribution in [3.8, 4) is 0 Å². The van der Waals surface area contributed by atoms with Gasteiger partial charge in [-0.3, -0.25) is 0 Å². The average molecular weight is 204 g/mol. The number of likely N-dealkylation sites (N-methyl/N-ethyl adjacent to an activating group) is 1. The van der Waals surface area contributed by atoms with Crippen molar-refractivity contribution in [2.24, 2.45) is 0 Å². The third-order valence-corrected chi connectivity index (χ3v) is 2.60. The molecule has 0 aliphatic heterocycles. The molecule has 1 heterocycles. The number of fused-ring (bicyclic) bond motifs is 1. The van der Waals surface area contributed by atoms with E-state index in [1.54, 1.807) is 0 Å². The number of nitrogens with zero attached hydrogens (tertiary/aromatic N) is 1. The molecule has 1 aromatic heterocycles. The molecule has 0 spiro atoms. The average Bonchev–Trinajstić information content (AvgIpc) is 2.57. The number of aryl methyl sites for hydroxylation is 1. The predicted octanol–water partition coefficient (Wildman–Crippen LogP) is 2.46. The lowest BCUT2D eigenvalue weighted by Crippen LogP contribution is -2.14. The lowest BCUT2D eigenvalue weighted by molar-refractivity contribution is 0.561. The molecule has 15 heavy (non-hydrogen) atoms. The van der Waals surface area contributed by atoms with Gasteiger partial charge in [0.25, 0.3) is 0 Å². The standard InChI is InChI=1S/C12H16N2O/c1-8(7-13-3)10-4-5-12-11(6-10)14-9(2)15-12/h4-6,8,13H,7H2,1-3H3. The Morgan fingerprint density at radius 3 is 3.00 bits per heavy atom. The normalized spacial score (nSPS) is 13.3. The lowest BCUT2D eigenvalue weighted by atomic mass is 10.0. The fourth-order valence-electron chi connectivity index (χ4n) is 1.79. The molecule has 2 aromatic rings. The summed E-state index contributed by atoms with van der Waals surface area (Å²) in [7, 11) is 1.97. The number of aromatic nitrogens is 1. The molecule has 0 aliphatic carbocycles. The smallest absolute Gasteiger partial charge is 0.192 e. The van der Waals surface area contributed by atoms with Crippen LogP contribution in [0.1, 0.15) is 24.3 Å². The maximum absolute atomic E-state index is 5.44. The van der Waals surface area contributed by atoms with Gasteiger partial charge < -0.3 is 9.73 Å². The molecule has 1 aromatic carbocycles. The molecule has 1 unspecified atom stereocenters. The van der Waals surface area contributed by atoms with E-state index in [0.717, 1.165) is 23.5 Å². The predicted molar refractivity (Wildman–Crippen MR) is 61.1 cm³/mol. The van der Waals surface area contributed by atoms with Gasteiger partial charge in [-0.05, 0) is 30.7 Å². The van der Waals surface area contributed by atoms with Gasteiger partial charge in [0.1, 0.15) is 5.52 Å². The van der Waals surface area contributed by atoms with Crippen LogP contribution in [0.4, 0.5) is 0 Å². The second-order valence-corrected chi connectivity index (χ2v) is 3.92. The zero-order valence-electron chi connectivity index (χ0n) is 9.37. The van der Waals surface area contributed by atoms with E-state index in [0.29, 0.717) is 5.92 Å². The van der Waals surface area contributed by atoms with Crippen LogP contribution in [-0.4, -0.2) is 18.6 Å². The van der Waals surface area contributed by atoms with E-state index in [1.807, 2.05) is 20.0 Å². The Morgan fingerprint density at radius 2 is 2.27 bits per heavy atom. The van der Waals surface area contributed by atoms with Crippen LogP contribution in [0.15, 0.2) is 22.6 Å². The monoisotopic (exact) mass is 204 g/mol. The maximum atomic E-state index is 5.44. The molecule has 0 saturated heterocycles. The molecule has 0 saturated carbocycles. The summed E-state index contributed by atoms with van der Waals surface area (Å²) in [6.45, 7) is 5.05. The summed E-state index contributed by atoms with van der Waals surface area (Å²) in [4.78, 5) is 4.33. The van der Waals surface area contributed by atoms with E-state index in [2.05, 4.69) is 29.4 Å². The van der Waals surface area contributed by atoms with Crippen LogP contribution in [0.25, 0.3) is 11.1 Å². The molecule has 0 aliphatic rings. The van der Waals surface area contributed by atoms with Gasteiger partial charge >= 0.3 is 0 Å². The molecule has 0 amide bonds. The summed E-state index contributed by atoms with van der Waals surface area (Å²) >= 11 is 0. The van der Waals surface area contributed by atoms with Crippen LogP contribution in [-0.2, 0) is 0 Å². The van der Waals surface area contributed by atoms with Gasteiger partial charge in [-0.15, -0.1) is 0 Å². The van der Waals surface area contributed by atoms with E-state index in [4.69, 9.17) is 4.42 Å². The number of hydrogen-bond acceptors (Lipinski definition) is 3. The number of oxazole rings is 1. The summed E-state index contributed by atoms with van der Waals surface area (Å²) in [6, 6.07) is 6.21. The quantitative estimate of drug-likeness (QED) is 0.834. The van der Waals surface area contributed by atoms with Gasteiger partial charge in [-0.1, -0.05) is 13.0 Å². The second kappa shape index (κ2) is 4.03. The van der Waals surface area contributed by atoms with Crippen LogP contribution in [0.5, 0.6) is 0 Å². The largest absolute Gasteiger partial charge is 0.441 e. The minimum atomic E-state index is 0.497. The van der Waals surface area contributed by atoms with Gasteiger partial charge in [0.15, 0.2) is 11.5 Å². The zero-order chi connectivity index (χ0) is 10.8. The minimum absolute atomic E-state index is 0.497. The van der Waals surface area contributed by atoms with E-state index in [1.165, 1.54) is 5.56 Å². The van der Waals surface area contributed by atoms with E-state index in [-0.39, 0.29) is 0 Å². The van der Waals surface area contributed by atoms with Gasteiger partial charge in [-0.25, -0.2) is 4.98 Å². The van der Waals surface area contributed by atoms with E-state index >= 15 is 0 Å². The Kier molecular flexibility index (Phi) is 2.73. The highest BCUT2D eigenvalue weighted by Gasteiger charge is 2.07. The van der Waals surface area contributed by atoms with E-state index in [9.17, 15) is 0 Å². The first-order valence-corrected chi connectivity index (χ1v) is 5.22. The van der Waals surface area contributed by atoms with Crippen LogP contribution in [0.2, 0.25) is 0 Å². The van der Waals surface area contributed by atoms with Crippen molar-refractivity contribution in [3.63, 3.8) is 0 Å². The number of hydrogen-bond donors (Lipinski definition) is 1. The lowest BCUT2D eigenvalue weighted by Gasteiger charge is -2.10. The van der Waals surface area contributed by atoms with Crippen molar-refractivity contribution >= 4 is 11.1 Å². The molecular weight excluding hydrogens is 188 g/mol. The highest BCUT2D eigenvalue weighted by Crippen LogP contribution is 2.21. The van der Waals surface area contributed by atoms with Crippen molar-refractivity contribution < 1.29 is 4.42 Å². The summed E-state index contributed by atoms with van der Waals surface area (Å²) in [5, 5.41) is 3.18. The van der Waals surface area contributed by atoms with Crippen LogP contribution in [0.3, 0.4) is 0 Å². The molecular formula is C12H16N2O. The van der Waals surface area contributed by atoms with Gasteiger partial charge in [0.2, 0.25) is 0 Å². The third-order valence-electron chi connectivity index (χ3n) is 2.60. The number of benzene rings is 1. The molecule has 0 fully saturated rings. The molecule has 80 valence electrons. The Balaban J connectivity index is 2.37. The minimum Gasteiger partial charge on any atom is -0.441 e. The van der Waals surface area contributed by atoms with Gasteiger partial charge in [0.05, 0.1) is 0 Å². The number of nitrogens with one attached hydrogen (secondary N) is 1. The Bertz CT molecular complexity index is 462. The molecule has 1 atom stereocenters. The Hall–Kier alpha value is -1.35. The summed E-state index contributed by atoms with van der Waals surface area (Å²) in [6.07, 6.45) is 0. The van der Waals surface area contributed by atoms with Crippen molar-refractivity contribution in [3.05, 3.63) is 29.7 Å². The SMILES string of the molecule is CNCC(C)c1ccc2oc(C)nc2c1. The summed E-state index contributed by atoms with van der Waals surface area (Å²) in [5.74, 6) is 1.22. The van der Waals surface area contributed by atoms with Crippen molar-refractivity contribution in [1.82, 2.24) is 10.3 Å². The van der Waals surface area contributed by atoms with Crippen LogP contribution in [0, 0.1) is 6.92 Å². The van der Waals surface area contributed by atoms with E-state index < -0.39 is 0 Å². The molecule has 0 radical (unpaired) electrons. The van der Waals surface area contributed by atoms with Crippen molar-refractivity contribution in [1.29, 1.82) is 0 Å². The molecule has 2 rings (SSSR count). The fourth-order valence-corrected chi connectivity index (χ4v) is 1.79.